The first-order valence-corrected chi connectivity index (χ1v) is 8.24. The first kappa shape index (κ1) is 15.6. The fourth-order valence-corrected chi connectivity index (χ4v) is 3.27. The maximum atomic E-state index is 12.0. The first-order valence-electron chi connectivity index (χ1n) is 6.76. The van der Waals surface area contributed by atoms with Gasteiger partial charge in [0.05, 0.1) is 10.6 Å². The molecule has 1 aliphatic rings. The molecule has 1 aliphatic heterocycles. The molecule has 0 saturated carbocycles. The van der Waals surface area contributed by atoms with Crippen molar-refractivity contribution in [2.75, 3.05) is 25.4 Å². The van der Waals surface area contributed by atoms with Crippen LogP contribution in [-0.2, 0) is 14.8 Å². The summed E-state index contributed by atoms with van der Waals surface area (Å²) in [5.74, 6) is -0.210. The quantitative estimate of drug-likeness (QED) is 0.533. The number of likely N-dealkylation sites (tertiary alicyclic amines) is 1. The van der Waals surface area contributed by atoms with E-state index in [1.807, 2.05) is 0 Å². The van der Waals surface area contributed by atoms with Gasteiger partial charge in [0.2, 0.25) is 15.9 Å². The number of nitrogens with zero attached hydrogens (tertiary/aromatic N) is 1. The van der Waals surface area contributed by atoms with Crippen LogP contribution in [0.25, 0.3) is 0 Å². The number of amides is 1. The molecule has 2 rings (SSSR count). The molecule has 4 N–H and O–H groups in total. The van der Waals surface area contributed by atoms with E-state index < -0.39 is 10.0 Å². The number of hydrogen-bond acceptors (Lipinski definition) is 5. The summed E-state index contributed by atoms with van der Waals surface area (Å²) in [5.41, 5.74) is 5.47. The lowest BCUT2D eigenvalue weighted by atomic mass is 10.3. The van der Waals surface area contributed by atoms with Crippen LogP contribution >= 0.6 is 0 Å². The third-order valence-corrected chi connectivity index (χ3v) is 4.86. The molecule has 8 heteroatoms. The number of sulfonamides is 1. The molecule has 116 valence electrons. The molecule has 0 aromatic heterocycles. The molecule has 1 saturated heterocycles. The van der Waals surface area contributed by atoms with E-state index in [0.29, 0.717) is 0 Å². The Bertz CT molecular complexity index is 624. The van der Waals surface area contributed by atoms with Crippen molar-refractivity contribution >= 4 is 21.6 Å². The molecule has 1 aromatic rings. The van der Waals surface area contributed by atoms with Gasteiger partial charge in [-0.2, -0.15) is 0 Å². The van der Waals surface area contributed by atoms with E-state index >= 15 is 0 Å². The van der Waals surface area contributed by atoms with Crippen molar-refractivity contribution in [1.29, 1.82) is 0 Å². The second-order valence-electron chi connectivity index (χ2n) is 4.96. The van der Waals surface area contributed by atoms with E-state index in [1.165, 1.54) is 18.2 Å². The zero-order valence-corrected chi connectivity index (χ0v) is 12.4. The predicted octanol–water partition coefficient (Wildman–Crippen LogP) is 0.265. The average Bonchev–Trinajstić information content (AvgIpc) is 2.95. The van der Waals surface area contributed by atoms with Crippen molar-refractivity contribution in [3.05, 3.63) is 18.2 Å². The fraction of sp³-hybridized carbons (Fsp3) is 0.462. The molecule has 21 heavy (non-hydrogen) atoms. The van der Waals surface area contributed by atoms with Crippen molar-refractivity contribution in [3.63, 3.8) is 0 Å². The lowest BCUT2D eigenvalue weighted by molar-refractivity contribution is -0.129. The summed E-state index contributed by atoms with van der Waals surface area (Å²) in [4.78, 5) is 13.5. The number of nitrogens with two attached hydrogens (primary N) is 1. The maximum Gasteiger partial charge on any atom is 0.240 e. The smallest absolute Gasteiger partial charge is 0.240 e. The molecular weight excluding hydrogens is 294 g/mol. The second kappa shape index (κ2) is 6.31. The van der Waals surface area contributed by atoms with E-state index in [9.17, 15) is 18.3 Å². The van der Waals surface area contributed by atoms with Gasteiger partial charge in [-0.15, -0.1) is 0 Å². The third kappa shape index (κ3) is 3.85. The Morgan fingerprint density at radius 3 is 2.62 bits per heavy atom. The van der Waals surface area contributed by atoms with Gasteiger partial charge in [0.1, 0.15) is 5.75 Å². The van der Waals surface area contributed by atoms with E-state index in [4.69, 9.17) is 5.73 Å². The van der Waals surface area contributed by atoms with Gasteiger partial charge >= 0.3 is 0 Å². The topological polar surface area (TPSA) is 113 Å². The normalized spacial score (nSPS) is 15.3. The standard InChI is InChI=1S/C13H19N3O4S/c14-11-9-10(3-4-12(11)17)21(19,20)15-6-5-13(18)16-7-1-2-8-16/h3-4,9,15,17H,1-2,5-8,14H2. The van der Waals surface area contributed by atoms with Crippen molar-refractivity contribution in [1.82, 2.24) is 9.62 Å². The minimum absolute atomic E-state index is 0.00832. The highest BCUT2D eigenvalue weighted by Gasteiger charge is 2.19. The molecule has 1 fully saturated rings. The lowest BCUT2D eigenvalue weighted by Gasteiger charge is -2.15. The molecule has 0 unspecified atom stereocenters. The summed E-state index contributed by atoms with van der Waals surface area (Å²) in [7, 11) is -3.73. The SMILES string of the molecule is Nc1cc(S(=O)(=O)NCCC(=O)N2CCCC2)ccc1O. The minimum Gasteiger partial charge on any atom is -0.506 e. The number of carbonyl (C=O) groups is 1. The summed E-state index contributed by atoms with van der Waals surface area (Å²) in [6.07, 6.45) is 2.14. The number of anilines is 1. The zero-order valence-electron chi connectivity index (χ0n) is 11.6. The summed E-state index contributed by atoms with van der Waals surface area (Å²) in [6.45, 7) is 1.54. The fourth-order valence-electron chi connectivity index (χ4n) is 2.20. The molecular formula is C13H19N3O4S. The summed E-state index contributed by atoms with van der Waals surface area (Å²) in [5, 5.41) is 9.29. The lowest BCUT2D eigenvalue weighted by Crippen LogP contribution is -2.32. The van der Waals surface area contributed by atoms with Crippen LogP contribution in [0.15, 0.2) is 23.1 Å². The number of phenolic OH excluding ortho intramolecular Hbond substituents is 1. The molecule has 0 spiro atoms. The van der Waals surface area contributed by atoms with Gasteiger partial charge in [-0.05, 0) is 31.0 Å². The van der Waals surface area contributed by atoms with E-state index in [-0.39, 0.29) is 35.2 Å². The number of nitrogen functional groups attached to an aromatic ring is 1. The van der Waals surface area contributed by atoms with Crippen LogP contribution < -0.4 is 10.5 Å². The number of carbonyl (C=O) groups excluding carboxylic acids is 1. The Kier molecular flexibility index (Phi) is 4.69. The average molecular weight is 313 g/mol. The number of phenols is 1. The molecule has 1 amide bonds. The Morgan fingerprint density at radius 1 is 1.33 bits per heavy atom. The van der Waals surface area contributed by atoms with E-state index in [2.05, 4.69) is 4.72 Å². The monoisotopic (exact) mass is 313 g/mol. The second-order valence-corrected chi connectivity index (χ2v) is 6.72. The van der Waals surface area contributed by atoms with Crippen molar-refractivity contribution in [2.45, 2.75) is 24.2 Å². The van der Waals surface area contributed by atoms with Crippen LogP contribution in [0, 0.1) is 0 Å². The van der Waals surface area contributed by atoms with Crippen molar-refractivity contribution in [2.24, 2.45) is 0 Å². The predicted molar refractivity (Wildman–Crippen MR) is 78.1 cm³/mol. The summed E-state index contributed by atoms with van der Waals surface area (Å²) >= 11 is 0. The Labute approximate surface area is 123 Å². The first-order chi connectivity index (χ1) is 9.90. The van der Waals surface area contributed by atoms with Crippen LogP contribution in [0.2, 0.25) is 0 Å². The molecule has 0 radical (unpaired) electrons. The van der Waals surface area contributed by atoms with Gasteiger partial charge in [0, 0.05) is 26.1 Å². The largest absolute Gasteiger partial charge is 0.506 e. The van der Waals surface area contributed by atoms with Crippen molar-refractivity contribution < 1.29 is 18.3 Å². The Hall–Kier alpha value is -1.80. The number of nitrogens with one attached hydrogen (secondary N) is 1. The number of aromatic hydroxyl groups is 1. The van der Waals surface area contributed by atoms with E-state index in [0.717, 1.165) is 25.9 Å². The number of benzene rings is 1. The van der Waals surface area contributed by atoms with Crippen LogP contribution in [0.5, 0.6) is 5.75 Å². The van der Waals surface area contributed by atoms with Crippen molar-refractivity contribution in [3.8, 4) is 5.75 Å². The molecule has 1 aromatic carbocycles. The van der Waals surface area contributed by atoms with Gasteiger partial charge in [-0.1, -0.05) is 0 Å². The van der Waals surface area contributed by atoms with Crippen LogP contribution in [0.1, 0.15) is 19.3 Å². The summed E-state index contributed by atoms with van der Waals surface area (Å²) in [6, 6.07) is 3.66. The van der Waals surface area contributed by atoms with Gasteiger partial charge in [-0.25, -0.2) is 13.1 Å². The Balaban J connectivity index is 1.91. The number of hydrogen-bond donors (Lipinski definition) is 3. The van der Waals surface area contributed by atoms with Gasteiger partial charge in [0.25, 0.3) is 0 Å². The number of rotatable bonds is 5. The highest BCUT2D eigenvalue weighted by molar-refractivity contribution is 7.89. The highest BCUT2D eigenvalue weighted by atomic mass is 32.2. The molecule has 0 atom stereocenters. The molecule has 0 bridgehead atoms. The van der Waals surface area contributed by atoms with Gasteiger partial charge < -0.3 is 15.7 Å². The van der Waals surface area contributed by atoms with Crippen LogP contribution in [0.3, 0.4) is 0 Å². The molecule has 1 heterocycles. The molecule has 7 nitrogen and oxygen atoms in total. The van der Waals surface area contributed by atoms with Crippen LogP contribution in [0.4, 0.5) is 5.69 Å². The van der Waals surface area contributed by atoms with Crippen LogP contribution in [-0.4, -0.2) is 44.0 Å². The highest BCUT2D eigenvalue weighted by Crippen LogP contribution is 2.22. The maximum absolute atomic E-state index is 12.0. The Morgan fingerprint density at radius 2 is 2.00 bits per heavy atom. The minimum atomic E-state index is -3.73. The third-order valence-electron chi connectivity index (χ3n) is 3.40. The van der Waals surface area contributed by atoms with Gasteiger partial charge in [-0.3, -0.25) is 4.79 Å². The van der Waals surface area contributed by atoms with E-state index in [1.54, 1.807) is 4.90 Å². The zero-order chi connectivity index (χ0) is 15.5. The summed E-state index contributed by atoms with van der Waals surface area (Å²) < 4.78 is 26.4. The van der Waals surface area contributed by atoms with Gasteiger partial charge in [0.15, 0.2) is 0 Å². The molecule has 0 aliphatic carbocycles.